The average Bonchev–Trinajstić information content (AvgIpc) is 2.08. The highest BCUT2D eigenvalue weighted by atomic mass is 16.4. The van der Waals surface area contributed by atoms with E-state index in [1.54, 1.807) is 0 Å². The molecule has 0 bridgehead atoms. The molecule has 0 aliphatic heterocycles. The van der Waals surface area contributed by atoms with Gasteiger partial charge < -0.3 is 15.6 Å². The summed E-state index contributed by atoms with van der Waals surface area (Å²) < 4.78 is 0. The average molecular weight is 201 g/mol. The number of rotatable bonds is 9. The molecule has 0 unspecified atom stereocenters. The fraction of sp³-hybridized carbons (Fsp3) is 0.909. The second kappa shape index (κ2) is 9.00. The van der Waals surface area contributed by atoms with Gasteiger partial charge in [-0.15, -0.1) is 0 Å². The van der Waals surface area contributed by atoms with Gasteiger partial charge in [-0.1, -0.05) is 25.7 Å². The topological polar surface area (TPSA) is 67.8 Å². The van der Waals surface area contributed by atoms with Gasteiger partial charge in [-0.3, -0.25) is 0 Å². The van der Waals surface area contributed by atoms with Crippen molar-refractivity contribution in [2.24, 2.45) is 0 Å². The number of aliphatic carboxylic acids is 1. The van der Waals surface area contributed by atoms with Crippen molar-refractivity contribution in [3.05, 3.63) is 0 Å². The summed E-state index contributed by atoms with van der Waals surface area (Å²) in [6.45, 7) is 2.14. The third kappa shape index (κ3) is 11.4. The molecule has 3 N–H and O–H groups in total. The van der Waals surface area contributed by atoms with Crippen LogP contribution in [-0.2, 0) is 4.79 Å². The van der Waals surface area contributed by atoms with Gasteiger partial charge in [0.15, 0.2) is 0 Å². The van der Waals surface area contributed by atoms with E-state index in [4.69, 9.17) is 0 Å². The zero-order valence-electron chi connectivity index (χ0n) is 9.26. The molecule has 0 fully saturated rings. The van der Waals surface area contributed by atoms with E-state index in [1.807, 2.05) is 0 Å². The first-order valence-electron chi connectivity index (χ1n) is 5.66. The van der Waals surface area contributed by atoms with E-state index in [1.165, 1.54) is 25.7 Å². The van der Waals surface area contributed by atoms with Crippen LogP contribution in [0.3, 0.4) is 0 Å². The van der Waals surface area contributed by atoms with Gasteiger partial charge in [-0.2, -0.15) is 0 Å². The van der Waals surface area contributed by atoms with Crippen molar-refractivity contribution in [3.8, 4) is 0 Å². The normalized spacial score (nSPS) is 12.7. The summed E-state index contributed by atoms with van der Waals surface area (Å²) in [4.78, 5) is 10.1. The van der Waals surface area contributed by atoms with Crippen molar-refractivity contribution < 1.29 is 15.6 Å². The summed E-state index contributed by atoms with van der Waals surface area (Å²) in [7, 11) is 0. The number of unbranched alkanes of at least 4 members (excludes halogenated alkanes) is 5. The molecule has 0 aromatic heterocycles. The number of carboxylic acid groups (broad SMARTS) is 1. The lowest BCUT2D eigenvalue weighted by atomic mass is 10.1. The zero-order chi connectivity index (χ0) is 10.8. The Morgan fingerprint density at radius 1 is 1.14 bits per heavy atom. The van der Waals surface area contributed by atoms with E-state index in [0.717, 1.165) is 19.3 Å². The van der Waals surface area contributed by atoms with Gasteiger partial charge >= 0.3 is 0 Å². The Labute approximate surface area is 86.7 Å². The van der Waals surface area contributed by atoms with E-state index in [0.29, 0.717) is 6.04 Å². The van der Waals surface area contributed by atoms with Crippen molar-refractivity contribution in [3.63, 3.8) is 0 Å². The molecule has 0 aliphatic rings. The summed E-state index contributed by atoms with van der Waals surface area (Å²) in [5.74, 6) is -0.920. The van der Waals surface area contributed by atoms with Gasteiger partial charge in [0.05, 0.1) is 6.04 Å². The molecule has 84 valence electrons. The molecule has 0 radical (unpaired) electrons. The largest absolute Gasteiger partial charge is 0.550 e. The number of hydrogen-bond acceptors (Lipinski definition) is 2. The van der Waals surface area contributed by atoms with Crippen LogP contribution in [0.15, 0.2) is 0 Å². The minimum absolute atomic E-state index is 0.218. The molecule has 0 amide bonds. The molecule has 14 heavy (non-hydrogen) atoms. The summed E-state index contributed by atoms with van der Waals surface area (Å²) in [6.07, 6.45) is 8.10. The molecule has 0 rings (SSSR count). The van der Waals surface area contributed by atoms with E-state index in [9.17, 15) is 9.90 Å². The molecule has 0 aromatic carbocycles. The first-order valence-corrected chi connectivity index (χ1v) is 5.66. The smallest absolute Gasteiger partial charge is 0.0815 e. The van der Waals surface area contributed by atoms with Crippen LogP contribution in [0.4, 0.5) is 0 Å². The Kier molecular flexibility index (Phi) is 8.64. The Morgan fingerprint density at radius 2 is 1.64 bits per heavy atom. The zero-order valence-corrected chi connectivity index (χ0v) is 9.26. The summed E-state index contributed by atoms with van der Waals surface area (Å²) in [5.41, 5.74) is 3.93. The maximum Gasteiger partial charge on any atom is 0.0815 e. The lowest BCUT2D eigenvalue weighted by molar-refractivity contribution is -0.415. The maximum absolute atomic E-state index is 10.1. The summed E-state index contributed by atoms with van der Waals surface area (Å²) in [6, 6.07) is 0.563. The monoisotopic (exact) mass is 201 g/mol. The van der Waals surface area contributed by atoms with Gasteiger partial charge in [0, 0.05) is 5.97 Å². The number of hydrogen-bond donors (Lipinski definition) is 1. The maximum atomic E-state index is 10.1. The van der Waals surface area contributed by atoms with E-state index < -0.39 is 5.97 Å². The van der Waals surface area contributed by atoms with Crippen LogP contribution >= 0.6 is 0 Å². The minimum Gasteiger partial charge on any atom is -0.550 e. The van der Waals surface area contributed by atoms with Crippen LogP contribution in [0.25, 0.3) is 0 Å². The number of carboxylic acids is 1. The first kappa shape index (κ1) is 13.4. The molecule has 0 heterocycles. The third-order valence-corrected chi connectivity index (χ3v) is 2.33. The fourth-order valence-electron chi connectivity index (χ4n) is 1.47. The van der Waals surface area contributed by atoms with Crippen LogP contribution in [0.5, 0.6) is 0 Å². The molecule has 0 saturated carbocycles. The summed E-state index contributed by atoms with van der Waals surface area (Å²) in [5, 5.41) is 10.1. The van der Waals surface area contributed by atoms with Gasteiger partial charge in [0.1, 0.15) is 0 Å². The van der Waals surface area contributed by atoms with Crippen molar-refractivity contribution in [1.82, 2.24) is 0 Å². The van der Waals surface area contributed by atoms with E-state index in [2.05, 4.69) is 12.7 Å². The molecule has 3 nitrogen and oxygen atoms in total. The van der Waals surface area contributed by atoms with Crippen LogP contribution in [-0.4, -0.2) is 12.0 Å². The predicted molar refractivity (Wildman–Crippen MR) is 54.3 cm³/mol. The van der Waals surface area contributed by atoms with Crippen molar-refractivity contribution >= 4 is 5.97 Å². The Bertz CT molecular complexity index is 146. The SMILES string of the molecule is C[C@@H]([NH3+])CCCCCCCCC(=O)[O-]. The highest BCUT2D eigenvalue weighted by Gasteiger charge is 1.97. The van der Waals surface area contributed by atoms with Crippen molar-refractivity contribution in [1.29, 1.82) is 0 Å². The van der Waals surface area contributed by atoms with E-state index >= 15 is 0 Å². The second-order valence-electron chi connectivity index (χ2n) is 4.14. The molecule has 0 aliphatic carbocycles. The Hall–Kier alpha value is -0.570. The van der Waals surface area contributed by atoms with Gasteiger partial charge in [0.2, 0.25) is 0 Å². The highest BCUT2D eigenvalue weighted by molar-refractivity contribution is 5.63. The molecule has 0 saturated heterocycles. The van der Waals surface area contributed by atoms with Gasteiger partial charge in [-0.25, -0.2) is 0 Å². The Morgan fingerprint density at radius 3 is 2.14 bits per heavy atom. The number of carbonyl (C=O) groups is 1. The number of carbonyl (C=O) groups excluding carboxylic acids is 1. The molecule has 0 aromatic rings. The molecule has 0 spiro atoms. The molecular weight excluding hydrogens is 178 g/mol. The van der Waals surface area contributed by atoms with Gasteiger partial charge in [-0.05, 0) is 32.6 Å². The molecular formula is C11H23NO2. The Balaban J connectivity index is 2.96. The second-order valence-corrected chi connectivity index (χ2v) is 4.14. The fourth-order valence-corrected chi connectivity index (χ4v) is 1.47. The number of quaternary nitrogens is 1. The van der Waals surface area contributed by atoms with E-state index in [-0.39, 0.29) is 6.42 Å². The summed E-state index contributed by atoms with van der Waals surface area (Å²) >= 11 is 0. The standard InChI is InChI=1S/C11H23NO2/c1-10(12)8-6-4-2-3-5-7-9-11(13)14/h10H,2-9,12H2,1H3,(H,13,14)/t10-/m1/s1. The van der Waals surface area contributed by atoms with Crippen LogP contribution in [0.1, 0.15) is 58.3 Å². The van der Waals surface area contributed by atoms with Crippen molar-refractivity contribution in [2.75, 3.05) is 0 Å². The lowest BCUT2D eigenvalue weighted by Gasteiger charge is -2.03. The van der Waals surface area contributed by atoms with Crippen LogP contribution in [0, 0.1) is 0 Å². The third-order valence-electron chi connectivity index (χ3n) is 2.33. The predicted octanol–water partition coefficient (Wildman–Crippen LogP) is 0.487. The quantitative estimate of drug-likeness (QED) is 0.552. The van der Waals surface area contributed by atoms with Crippen molar-refractivity contribution in [2.45, 2.75) is 64.3 Å². The highest BCUT2D eigenvalue weighted by Crippen LogP contribution is 2.08. The molecule has 3 heteroatoms. The van der Waals surface area contributed by atoms with Crippen LogP contribution in [0.2, 0.25) is 0 Å². The lowest BCUT2D eigenvalue weighted by Crippen LogP contribution is -2.58. The first-order chi connectivity index (χ1) is 6.63. The molecule has 1 atom stereocenters. The van der Waals surface area contributed by atoms with Crippen LogP contribution < -0.4 is 10.8 Å². The minimum atomic E-state index is -0.920. The van der Waals surface area contributed by atoms with Gasteiger partial charge in [0.25, 0.3) is 0 Å².